The summed E-state index contributed by atoms with van der Waals surface area (Å²) >= 11 is 0. The molecule has 0 bridgehead atoms. The Hall–Kier alpha value is 0.111. The summed E-state index contributed by atoms with van der Waals surface area (Å²) in [7, 11) is 0. The van der Waals surface area contributed by atoms with Gasteiger partial charge >= 0.3 is 58.4 Å². The fourth-order valence-electron chi connectivity index (χ4n) is 1.08. The van der Waals surface area contributed by atoms with Crippen LogP contribution in [0.4, 0.5) is 12.9 Å². The van der Waals surface area contributed by atoms with Crippen LogP contribution in [0.2, 0.25) is 0 Å². The maximum absolute atomic E-state index is 12.3. The summed E-state index contributed by atoms with van der Waals surface area (Å²) in [4.78, 5) is 3.60. The molecule has 0 saturated carbocycles. The van der Waals surface area contributed by atoms with Gasteiger partial charge in [-0.25, -0.2) is 9.50 Å². The molecule has 0 spiro atoms. The molecule has 0 aliphatic carbocycles. The van der Waals surface area contributed by atoms with Crippen molar-refractivity contribution in [1.82, 2.24) is 14.6 Å². The molecule has 0 fully saturated rings. The zero-order valence-electron chi connectivity index (χ0n) is 7.36. The molecule has 2 aromatic rings. The molecular weight excluding hydrogens is 221 g/mol. The Morgan fingerprint density at radius 2 is 2.00 bits per heavy atom. The Balaban J connectivity index is 0.000000980. The first kappa shape index (κ1) is 12.2. The summed E-state index contributed by atoms with van der Waals surface area (Å²) in [6.45, 7) is -5.02. The molecular formula is C6H4BF3KN3. The van der Waals surface area contributed by atoms with Gasteiger partial charge < -0.3 is 12.9 Å². The largest absolute Gasteiger partial charge is 1.00 e. The van der Waals surface area contributed by atoms with Gasteiger partial charge in [0.2, 0.25) is 0 Å². The Morgan fingerprint density at radius 1 is 1.29 bits per heavy atom. The van der Waals surface area contributed by atoms with Gasteiger partial charge in [-0.15, -0.1) is 0 Å². The number of rotatable bonds is 1. The number of hydrogen-bond acceptors (Lipinski definition) is 2. The minimum absolute atomic E-state index is 0. The predicted octanol–water partition coefficient (Wildman–Crippen LogP) is -2.21. The molecule has 0 aromatic carbocycles. The monoisotopic (exact) mass is 225 g/mol. The van der Waals surface area contributed by atoms with E-state index in [-0.39, 0.29) is 57.0 Å². The van der Waals surface area contributed by atoms with Crippen molar-refractivity contribution < 1.29 is 64.3 Å². The maximum atomic E-state index is 12.3. The van der Waals surface area contributed by atoms with Crippen molar-refractivity contribution in [2.24, 2.45) is 0 Å². The van der Waals surface area contributed by atoms with Crippen LogP contribution in [0.5, 0.6) is 0 Å². The van der Waals surface area contributed by atoms with Crippen molar-refractivity contribution in [1.29, 1.82) is 0 Å². The quantitative estimate of drug-likeness (QED) is 0.515. The topological polar surface area (TPSA) is 30.2 Å². The van der Waals surface area contributed by atoms with E-state index in [1.54, 1.807) is 0 Å². The predicted molar refractivity (Wildman–Crippen MR) is 41.7 cm³/mol. The Bertz CT molecular complexity index is 441. The molecule has 68 valence electrons. The van der Waals surface area contributed by atoms with Crippen LogP contribution in [0.25, 0.3) is 5.65 Å². The van der Waals surface area contributed by atoms with Crippen molar-refractivity contribution in [2.45, 2.75) is 0 Å². The van der Waals surface area contributed by atoms with Crippen molar-refractivity contribution >= 4 is 18.1 Å². The zero-order valence-corrected chi connectivity index (χ0v) is 10.5. The molecule has 0 N–H and O–H groups in total. The second-order valence-electron chi connectivity index (χ2n) is 2.56. The first-order valence-electron chi connectivity index (χ1n) is 3.57. The standard InChI is InChI=1S/C6H4BF3N3.K/c8-7(9,10)5-4-12-13-3-1-2-11-6(5)13;/h1-4H;/q-1;+1. The molecule has 0 atom stereocenters. The second-order valence-corrected chi connectivity index (χ2v) is 2.56. The van der Waals surface area contributed by atoms with E-state index in [0.29, 0.717) is 0 Å². The van der Waals surface area contributed by atoms with Gasteiger partial charge in [-0.2, -0.15) is 5.10 Å². The van der Waals surface area contributed by atoms with Gasteiger partial charge in [-0.1, -0.05) is 0 Å². The summed E-state index contributed by atoms with van der Waals surface area (Å²) in [6.07, 6.45) is 3.53. The molecule has 0 aliphatic heterocycles. The summed E-state index contributed by atoms with van der Waals surface area (Å²) in [6, 6.07) is 1.52. The molecule has 8 heteroatoms. The average Bonchev–Trinajstić information content (AvgIpc) is 2.45. The van der Waals surface area contributed by atoms with Crippen molar-refractivity contribution in [2.75, 3.05) is 0 Å². The molecule has 2 heterocycles. The fourth-order valence-corrected chi connectivity index (χ4v) is 1.08. The third-order valence-corrected chi connectivity index (χ3v) is 1.66. The molecule has 2 rings (SSSR count). The van der Waals surface area contributed by atoms with Crippen molar-refractivity contribution in [3.05, 3.63) is 24.7 Å². The molecule has 0 unspecified atom stereocenters. The van der Waals surface area contributed by atoms with E-state index >= 15 is 0 Å². The second kappa shape index (κ2) is 4.32. The third kappa shape index (κ3) is 2.19. The molecule has 0 aliphatic rings. The Kier molecular flexibility index (Phi) is 3.75. The molecule has 0 saturated heterocycles. The van der Waals surface area contributed by atoms with Crippen LogP contribution >= 0.6 is 0 Å². The summed E-state index contributed by atoms with van der Waals surface area (Å²) < 4.78 is 38.1. The van der Waals surface area contributed by atoms with Gasteiger partial charge in [-0.3, -0.25) is 0 Å². The van der Waals surface area contributed by atoms with Crippen LogP contribution in [0.15, 0.2) is 24.7 Å². The first-order valence-corrected chi connectivity index (χ1v) is 3.57. The summed E-state index contributed by atoms with van der Waals surface area (Å²) in [5.74, 6) is 0. The van der Waals surface area contributed by atoms with Crippen LogP contribution in [0.1, 0.15) is 0 Å². The molecule has 2 aromatic heterocycles. The van der Waals surface area contributed by atoms with Crippen molar-refractivity contribution in [3.63, 3.8) is 0 Å². The van der Waals surface area contributed by atoms with Crippen molar-refractivity contribution in [3.8, 4) is 0 Å². The van der Waals surface area contributed by atoms with Gasteiger partial charge in [0, 0.05) is 18.6 Å². The van der Waals surface area contributed by atoms with Gasteiger partial charge in [0.15, 0.2) is 0 Å². The number of fused-ring (bicyclic) bond motifs is 1. The van der Waals surface area contributed by atoms with Gasteiger partial charge in [0.1, 0.15) is 5.65 Å². The smallest absolute Gasteiger partial charge is 0.445 e. The van der Waals surface area contributed by atoms with E-state index in [0.717, 1.165) is 10.7 Å². The minimum Gasteiger partial charge on any atom is -0.445 e. The molecule has 0 radical (unpaired) electrons. The summed E-state index contributed by atoms with van der Waals surface area (Å²) in [5.41, 5.74) is -0.893. The maximum Gasteiger partial charge on any atom is 1.00 e. The van der Waals surface area contributed by atoms with E-state index in [2.05, 4.69) is 10.1 Å². The minimum atomic E-state index is -5.02. The number of nitrogens with zero attached hydrogens (tertiary/aromatic N) is 3. The van der Waals surface area contributed by atoms with E-state index in [4.69, 9.17) is 0 Å². The van der Waals surface area contributed by atoms with E-state index in [1.807, 2.05) is 0 Å². The van der Waals surface area contributed by atoms with E-state index < -0.39 is 12.4 Å². The number of hydrogen-bond donors (Lipinski definition) is 0. The average molecular weight is 225 g/mol. The first-order chi connectivity index (χ1) is 6.09. The Morgan fingerprint density at radius 3 is 2.64 bits per heavy atom. The van der Waals surface area contributed by atoms with Crippen LogP contribution < -0.4 is 56.8 Å². The van der Waals surface area contributed by atoms with Crippen LogP contribution in [-0.4, -0.2) is 21.6 Å². The van der Waals surface area contributed by atoms with Crippen LogP contribution in [0, 0.1) is 0 Å². The Labute approximate surface area is 120 Å². The normalized spacial score (nSPS) is 11.4. The van der Waals surface area contributed by atoms with Gasteiger partial charge in [0.05, 0.1) is 0 Å². The zero-order chi connectivity index (χ0) is 9.47. The number of halogens is 3. The third-order valence-electron chi connectivity index (χ3n) is 1.66. The molecule has 14 heavy (non-hydrogen) atoms. The van der Waals surface area contributed by atoms with E-state index in [9.17, 15) is 12.9 Å². The molecule has 3 nitrogen and oxygen atoms in total. The summed E-state index contributed by atoms with van der Waals surface area (Å²) in [5, 5.41) is 3.53. The van der Waals surface area contributed by atoms with Gasteiger partial charge in [0.25, 0.3) is 0 Å². The SMILES string of the molecule is F[B-](F)(F)c1cnn2cccnc12.[K+]. The van der Waals surface area contributed by atoms with Crippen LogP contribution in [0.3, 0.4) is 0 Å². The van der Waals surface area contributed by atoms with E-state index in [1.165, 1.54) is 18.5 Å². The number of aromatic nitrogens is 3. The fraction of sp³-hybridized carbons (Fsp3) is 0. The van der Waals surface area contributed by atoms with Gasteiger partial charge in [-0.05, 0) is 11.5 Å². The van der Waals surface area contributed by atoms with Crippen LogP contribution in [-0.2, 0) is 0 Å². The molecule has 0 amide bonds.